The minimum absolute atomic E-state index is 0.0375. The number of pyridine rings is 2. The molecule has 0 saturated carbocycles. The highest BCUT2D eigenvalue weighted by molar-refractivity contribution is 8.14. The minimum Gasteiger partial charge on any atom is -0.375 e. The van der Waals surface area contributed by atoms with E-state index in [0.717, 1.165) is 53.1 Å². The SMILES string of the molecule is CCC1CC(=Nc2cc(N3CCN(C(=O)COC)CC3)ccn2)Sc2nc(-c3ccncn3)ccc21. The number of nitrogens with zero attached hydrogens (tertiary/aromatic N) is 7. The van der Waals surface area contributed by atoms with Crippen LogP contribution in [0.15, 0.2) is 59.1 Å². The third kappa shape index (κ3) is 5.39. The summed E-state index contributed by atoms with van der Waals surface area (Å²) in [5.74, 6) is 1.10. The van der Waals surface area contributed by atoms with Gasteiger partial charge in [-0.25, -0.2) is 24.9 Å². The molecular weight excluding hydrogens is 474 g/mol. The predicted octanol–water partition coefficient (Wildman–Crippen LogP) is 3.95. The topological polar surface area (TPSA) is 96.7 Å². The number of thioether (sulfide) groups is 1. The van der Waals surface area contributed by atoms with Gasteiger partial charge in [-0.3, -0.25) is 4.79 Å². The molecule has 3 aromatic heterocycles. The number of methoxy groups -OCH3 is 1. The van der Waals surface area contributed by atoms with Gasteiger partial charge in [0.25, 0.3) is 0 Å². The fraction of sp³-hybridized carbons (Fsp3) is 0.385. The molecule has 3 aromatic rings. The van der Waals surface area contributed by atoms with Gasteiger partial charge in [-0.1, -0.05) is 24.8 Å². The van der Waals surface area contributed by atoms with Crippen molar-refractivity contribution in [2.24, 2.45) is 4.99 Å². The molecule has 9 nitrogen and oxygen atoms in total. The number of carbonyl (C=O) groups excluding carboxylic acids is 1. The molecule has 2 aliphatic heterocycles. The highest BCUT2D eigenvalue weighted by Gasteiger charge is 2.26. The maximum atomic E-state index is 12.1. The lowest BCUT2D eigenvalue weighted by atomic mass is 9.94. The van der Waals surface area contributed by atoms with Crippen LogP contribution in [-0.4, -0.2) is 75.7 Å². The van der Waals surface area contributed by atoms with Gasteiger partial charge in [0.2, 0.25) is 5.91 Å². The number of rotatable bonds is 6. The van der Waals surface area contributed by atoms with Crippen LogP contribution in [0.3, 0.4) is 0 Å². The number of ether oxygens (including phenoxy) is 1. The normalized spacial score (nSPS) is 18.8. The Labute approximate surface area is 215 Å². The van der Waals surface area contributed by atoms with Crippen molar-refractivity contribution in [1.29, 1.82) is 0 Å². The molecule has 186 valence electrons. The Morgan fingerprint density at radius 3 is 2.72 bits per heavy atom. The van der Waals surface area contributed by atoms with E-state index in [1.165, 1.54) is 5.56 Å². The van der Waals surface area contributed by atoms with E-state index in [2.05, 4.69) is 32.8 Å². The fourth-order valence-electron chi connectivity index (χ4n) is 4.56. The molecule has 0 radical (unpaired) electrons. The average molecular weight is 504 g/mol. The summed E-state index contributed by atoms with van der Waals surface area (Å²) >= 11 is 1.62. The van der Waals surface area contributed by atoms with Gasteiger partial charge < -0.3 is 14.5 Å². The van der Waals surface area contributed by atoms with Gasteiger partial charge in [-0.15, -0.1) is 0 Å². The second-order valence-corrected chi connectivity index (χ2v) is 9.84. The number of hydrogen-bond donors (Lipinski definition) is 0. The Hall–Kier alpha value is -3.37. The number of aliphatic imine (C=N–C) groups is 1. The molecular formula is C26H29N7O2S. The summed E-state index contributed by atoms with van der Waals surface area (Å²) in [6.07, 6.45) is 6.96. The molecule has 5 rings (SSSR count). The molecule has 1 fully saturated rings. The van der Waals surface area contributed by atoms with Gasteiger partial charge in [-0.05, 0) is 36.1 Å². The second-order valence-electron chi connectivity index (χ2n) is 8.78. The second kappa shape index (κ2) is 11.1. The molecule has 0 bridgehead atoms. The highest BCUT2D eigenvalue weighted by Crippen LogP contribution is 2.41. The number of carbonyl (C=O) groups is 1. The first-order chi connectivity index (χ1) is 17.6. The summed E-state index contributed by atoms with van der Waals surface area (Å²) in [6, 6.07) is 10.1. The van der Waals surface area contributed by atoms with Crippen molar-refractivity contribution in [3.63, 3.8) is 0 Å². The zero-order valence-corrected chi connectivity index (χ0v) is 21.3. The number of anilines is 1. The Kier molecular flexibility index (Phi) is 7.52. The lowest BCUT2D eigenvalue weighted by Crippen LogP contribution is -2.49. The number of piperazine rings is 1. The van der Waals surface area contributed by atoms with Crippen molar-refractivity contribution in [2.75, 3.05) is 44.8 Å². The van der Waals surface area contributed by atoms with E-state index >= 15 is 0 Å². The van der Waals surface area contributed by atoms with Gasteiger partial charge in [0, 0.05) is 63.9 Å². The largest absolute Gasteiger partial charge is 0.375 e. The molecule has 5 heterocycles. The third-order valence-electron chi connectivity index (χ3n) is 6.54. The van der Waals surface area contributed by atoms with Crippen molar-refractivity contribution in [3.05, 3.63) is 54.6 Å². The zero-order valence-electron chi connectivity index (χ0n) is 20.5. The maximum Gasteiger partial charge on any atom is 0.248 e. The Morgan fingerprint density at radius 1 is 1.11 bits per heavy atom. The van der Waals surface area contributed by atoms with Crippen LogP contribution in [0.25, 0.3) is 11.4 Å². The third-order valence-corrected chi connectivity index (χ3v) is 7.55. The molecule has 10 heteroatoms. The maximum absolute atomic E-state index is 12.1. The number of hydrogen-bond acceptors (Lipinski definition) is 9. The van der Waals surface area contributed by atoms with Crippen molar-refractivity contribution in [2.45, 2.75) is 30.7 Å². The number of fused-ring (bicyclic) bond motifs is 1. The molecule has 1 unspecified atom stereocenters. The van der Waals surface area contributed by atoms with E-state index in [9.17, 15) is 4.79 Å². The van der Waals surface area contributed by atoms with Gasteiger partial charge >= 0.3 is 0 Å². The molecule has 0 aliphatic carbocycles. The van der Waals surface area contributed by atoms with Crippen LogP contribution in [0.5, 0.6) is 0 Å². The molecule has 0 aromatic carbocycles. The van der Waals surface area contributed by atoms with Gasteiger partial charge in [0.1, 0.15) is 18.0 Å². The summed E-state index contributed by atoms with van der Waals surface area (Å²) in [5, 5.41) is 2.00. The Morgan fingerprint density at radius 2 is 1.97 bits per heavy atom. The van der Waals surface area contributed by atoms with E-state index in [0.29, 0.717) is 24.8 Å². The average Bonchev–Trinajstić information content (AvgIpc) is 2.93. The van der Waals surface area contributed by atoms with Gasteiger partial charge in [0.05, 0.1) is 16.4 Å². The molecule has 0 N–H and O–H groups in total. The lowest BCUT2D eigenvalue weighted by Gasteiger charge is -2.36. The van der Waals surface area contributed by atoms with Crippen LogP contribution >= 0.6 is 11.8 Å². The summed E-state index contributed by atoms with van der Waals surface area (Å²) < 4.78 is 4.98. The van der Waals surface area contributed by atoms with Crippen molar-refractivity contribution < 1.29 is 9.53 Å². The van der Waals surface area contributed by atoms with Gasteiger partial charge in [-0.2, -0.15) is 0 Å². The fourth-order valence-corrected chi connectivity index (χ4v) is 5.70. The Balaban J connectivity index is 1.33. The zero-order chi connectivity index (χ0) is 24.9. The Bertz CT molecular complexity index is 1250. The first kappa shape index (κ1) is 24.3. The first-order valence-electron chi connectivity index (χ1n) is 12.1. The molecule has 2 aliphatic rings. The monoisotopic (exact) mass is 503 g/mol. The van der Waals surface area contributed by atoms with Crippen molar-refractivity contribution in [3.8, 4) is 11.4 Å². The summed E-state index contributed by atoms with van der Waals surface area (Å²) in [7, 11) is 1.55. The van der Waals surface area contributed by atoms with E-state index in [1.807, 2.05) is 29.2 Å². The van der Waals surface area contributed by atoms with Crippen LogP contribution in [0, 0.1) is 0 Å². The lowest BCUT2D eigenvalue weighted by molar-refractivity contribution is -0.135. The first-order valence-corrected chi connectivity index (χ1v) is 13.0. The van der Waals surface area contributed by atoms with E-state index in [4.69, 9.17) is 14.7 Å². The van der Waals surface area contributed by atoms with Crippen LogP contribution < -0.4 is 4.90 Å². The predicted molar refractivity (Wildman–Crippen MR) is 141 cm³/mol. The molecule has 36 heavy (non-hydrogen) atoms. The highest BCUT2D eigenvalue weighted by atomic mass is 32.2. The molecule has 1 amide bonds. The van der Waals surface area contributed by atoms with E-state index in [-0.39, 0.29) is 12.5 Å². The number of aromatic nitrogens is 4. The quantitative estimate of drug-likeness (QED) is 0.499. The summed E-state index contributed by atoms with van der Waals surface area (Å²) in [5.41, 5.74) is 3.98. The smallest absolute Gasteiger partial charge is 0.248 e. The standard InChI is InChI=1S/C26H29N7O2S/c1-3-18-14-24(36-26-20(18)4-5-22(30-26)21-7-8-27-17-29-21)31-23-15-19(6-9-28-23)32-10-12-33(13-11-32)25(34)16-35-2/h4-9,15,17-18H,3,10-14,16H2,1-2H3. The number of amides is 1. The van der Waals surface area contributed by atoms with Gasteiger partial charge in [0.15, 0.2) is 5.82 Å². The van der Waals surface area contributed by atoms with Crippen LogP contribution in [0.2, 0.25) is 0 Å². The minimum atomic E-state index is 0.0375. The van der Waals surface area contributed by atoms with Crippen LogP contribution in [0.1, 0.15) is 31.2 Å². The van der Waals surface area contributed by atoms with Crippen molar-refractivity contribution >= 4 is 34.2 Å². The summed E-state index contributed by atoms with van der Waals surface area (Å²) in [4.78, 5) is 39.0. The van der Waals surface area contributed by atoms with Crippen LogP contribution in [-0.2, 0) is 9.53 Å². The molecule has 0 spiro atoms. The molecule has 1 saturated heterocycles. The summed E-state index contributed by atoms with van der Waals surface area (Å²) in [6.45, 7) is 5.23. The van der Waals surface area contributed by atoms with Crippen LogP contribution in [0.4, 0.5) is 11.5 Å². The van der Waals surface area contributed by atoms with E-state index in [1.54, 1.807) is 37.6 Å². The van der Waals surface area contributed by atoms with Crippen molar-refractivity contribution in [1.82, 2.24) is 24.8 Å². The van der Waals surface area contributed by atoms with E-state index < -0.39 is 0 Å². The molecule has 1 atom stereocenters.